The van der Waals surface area contributed by atoms with Crippen molar-refractivity contribution in [1.82, 2.24) is 15.5 Å². The molecule has 0 spiro atoms. The summed E-state index contributed by atoms with van der Waals surface area (Å²) >= 11 is 0. The van der Waals surface area contributed by atoms with Crippen LogP contribution in [-0.4, -0.2) is 42.4 Å². The molecule has 5 nitrogen and oxygen atoms in total. The van der Waals surface area contributed by atoms with Crippen molar-refractivity contribution in [3.63, 3.8) is 0 Å². The molecule has 25 heavy (non-hydrogen) atoms. The van der Waals surface area contributed by atoms with Crippen molar-refractivity contribution in [3.8, 4) is 0 Å². The summed E-state index contributed by atoms with van der Waals surface area (Å²) in [6.07, 6.45) is 1.04. The molecule has 142 valence electrons. The van der Waals surface area contributed by atoms with Gasteiger partial charge in [0.2, 0.25) is 5.91 Å². The highest BCUT2D eigenvalue weighted by atomic mass is 127. The lowest BCUT2D eigenvalue weighted by molar-refractivity contribution is -0.121. The van der Waals surface area contributed by atoms with Crippen LogP contribution in [0.5, 0.6) is 0 Å². The minimum absolute atomic E-state index is 0. The topological polar surface area (TPSA) is 56.7 Å². The third kappa shape index (κ3) is 9.67. The Balaban J connectivity index is 0.00000576. The van der Waals surface area contributed by atoms with Crippen molar-refractivity contribution in [2.24, 2.45) is 4.99 Å². The van der Waals surface area contributed by atoms with Gasteiger partial charge in [-0.05, 0) is 45.2 Å². The smallest absolute Gasteiger partial charge is 0.242 e. The van der Waals surface area contributed by atoms with E-state index >= 15 is 0 Å². The summed E-state index contributed by atoms with van der Waals surface area (Å²) < 4.78 is 0. The van der Waals surface area contributed by atoms with Crippen LogP contribution in [0, 0.1) is 0 Å². The van der Waals surface area contributed by atoms with Gasteiger partial charge in [-0.25, -0.2) is 4.99 Å². The van der Waals surface area contributed by atoms with Gasteiger partial charge in [0, 0.05) is 25.7 Å². The van der Waals surface area contributed by atoms with Crippen molar-refractivity contribution in [1.29, 1.82) is 0 Å². The Hall–Kier alpha value is -1.31. The Morgan fingerprint density at radius 2 is 1.68 bits per heavy atom. The maximum absolute atomic E-state index is 12.0. The molecule has 1 aromatic rings. The van der Waals surface area contributed by atoms with Gasteiger partial charge in [-0.1, -0.05) is 31.2 Å². The average Bonchev–Trinajstić information content (AvgIpc) is 2.50. The number of hydrogen-bond donors (Lipinski definition) is 2. The van der Waals surface area contributed by atoms with Gasteiger partial charge < -0.3 is 15.5 Å². The van der Waals surface area contributed by atoms with Crippen LogP contribution in [0.1, 0.15) is 45.7 Å². The van der Waals surface area contributed by atoms with Crippen LogP contribution in [0.2, 0.25) is 0 Å². The van der Waals surface area contributed by atoms with Crippen LogP contribution in [0.15, 0.2) is 29.3 Å². The Morgan fingerprint density at radius 3 is 2.16 bits per heavy atom. The number of amides is 1. The standard InChI is InChI=1S/C19H32N4O.HI/c1-7-15-9-11-16(12-10-15)14-23(6)18(20-8-2)21-13-17(24)22-19(3,4)5;/h9-12H,7-8,13-14H2,1-6H3,(H,20,21)(H,22,24);1H. The first-order valence-corrected chi connectivity index (χ1v) is 8.63. The van der Waals surface area contributed by atoms with Gasteiger partial charge in [0.05, 0.1) is 0 Å². The number of nitrogens with one attached hydrogen (secondary N) is 2. The van der Waals surface area contributed by atoms with E-state index < -0.39 is 0 Å². The summed E-state index contributed by atoms with van der Waals surface area (Å²) in [6.45, 7) is 11.7. The number of nitrogens with zero attached hydrogens (tertiary/aromatic N) is 2. The number of carbonyl (C=O) groups is 1. The fourth-order valence-corrected chi connectivity index (χ4v) is 2.30. The van der Waals surface area contributed by atoms with Gasteiger partial charge in [-0.15, -0.1) is 24.0 Å². The molecule has 0 saturated carbocycles. The molecular formula is C19H33IN4O. The molecule has 6 heteroatoms. The molecule has 1 amide bonds. The molecule has 0 unspecified atom stereocenters. The third-order valence-electron chi connectivity index (χ3n) is 3.43. The molecule has 0 fully saturated rings. The quantitative estimate of drug-likeness (QED) is 0.390. The predicted molar refractivity (Wildman–Crippen MR) is 117 cm³/mol. The number of aliphatic imine (C=N–C) groups is 1. The largest absolute Gasteiger partial charge is 0.357 e. The van der Waals surface area contributed by atoms with Gasteiger partial charge in [0.15, 0.2) is 5.96 Å². The number of carbonyl (C=O) groups excluding carboxylic acids is 1. The SMILES string of the molecule is CCNC(=NCC(=O)NC(C)(C)C)N(C)Cc1ccc(CC)cc1.I. The number of halogens is 1. The zero-order chi connectivity index (χ0) is 18.2. The second-order valence-electron chi connectivity index (χ2n) is 6.99. The number of guanidine groups is 1. The lowest BCUT2D eigenvalue weighted by Gasteiger charge is -2.23. The monoisotopic (exact) mass is 460 g/mol. The van der Waals surface area contributed by atoms with E-state index in [0.717, 1.165) is 25.5 Å². The van der Waals surface area contributed by atoms with Gasteiger partial charge in [0.1, 0.15) is 6.54 Å². The van der Waals surface area contributed by atoms with Crippen LogP contribution in [0.3, 0.4) is 0 Å². The summed E-state index contributed by atoms with van der Waals surface area (Å²) in [5.41, 5.74) is 2.32. The van der Waals surface area contributed by atoms with Crippen LogP contribution < -0.4 is 10.6 Å². The van der Waals surface area contributed by atoms with Crippen molar-refractivity contribution >= 4 is 35.8 Å². The Labute approximate surface area is 169 Å². The first-order chi connectivity index (χ1) is 11.2. The molecule has 0 heterocycles. The lowest BCUT2D eigenvalue weighted by atomic mass is 10.1. The van der Waals surface area contributed by atoms with E-state index in [1.54, 1.807) is 0 Å². The predicted octanol–water partition coefficient (Wildman–Crippen LogP) is 3.18. The van der Waals surface area contributed by atoms with Crippen LogP contribution >= 0.6 is 24.0 Å². The Kier molecular flexibility index (Phi) is 10.7. The molecule has 0 aliphatic carbocycles. The van der Waals surface area contributed by atoms with Crippen LogP contribution in [0.25, 0.3) is 0 Å². The maximum Gasteiger partial charge on any atom is 0.242 e. The molecule has 1 rings (SSSR count). The highest BCUT2D eigenvalue weighted by molar-refractivity contribution is 14.0. The Bertz CT molecular complexity index is 550. The second kappa shape index (κ2) is 11.3. The first kappa shape index (κ1) is 23.7. The molecule has 0 aromatic heterocycles. The van der Waals surface area contributed by atoms with Gasteiger partial charge in [-0.3, -0.25) is 4.79 Å². The molecule has 0 atom stereocenters. The molecule has 0 bridgehead atoms. The fraction of sp³-hybridized carbons (Fsp3) is 0.579. The number of hydrogen-bond acceptors (Lipinski definition) is 2. The van der Waals surface area contributed by atoms with Crippen molar-refractivity contribution in [3.05, 3.63) is 35.4 Å². The van der Waals surface area contributed by atoms with Gasteiger partial charge in [0.25, 0.3) is 0 Å². The molecular weight excluding hydrogens is 427 g/mol. The minimum atomic E-state index is -0.238. The molecule has 2 N–H and O–H groups in total. The van der Waals surface area contributed by atoms with Gasteiger partial charge >= 0.3 is 0 Å². The van der Waals surface area contributed by atoms with Crippen molar-refractivity contribution < 1.29 is 4.79 Å². The zero-order valence-electron chi connectivity index (χ0n) is 16.3. The number of benzene rings is 1. The van der Waals surface area contributed by atoms with Crippen molar-refractivity contribution in [2.45, 2.75) is 53.1 Å². The summed E-state index contributed by atoms with van der Waals surface area (Å²) in [7, 11) is 1.98. The normalized spacial score (nSPS) is 11.5. The van der Waals surface area contributed by atoms with Crippen LogP contribution in [-0.2, 0) is 17.8 Å². The maximum atomic E-state index is 12.0. The summed E-state index contributed by atoms with van der Waals surface area (Å²) in [6, 6.07) is 8.60. The zero-order valence-corrected chi connectivity index (χ0v) is 18.7. The number of aryl methyl sites for hydroxylation is 1. The molecule has 0 saturated heterocycles. The molecule has 1 aromatic carbocycles. The van der Waals surface area contributed by atoms with E-state index in [4.69, 9.17) is 0 Å². The minimum Gasteiger partial charge on any atom is -0.357 e. The third-order valence-corrected chi connectivity index (χ3v) is 3.43. The highest BCUT2D eigenvalue weighted by Gasteiger charge is 2.14. The van der Waals surface area contributed by atoms with E-state index in [0.29, 0.717) is 0 Å². The van der Waals surface area contributed by atoms with E-state index in [2.05, 4.69) is 46.8 Å². The average molecular weight is 460 g/mol. The number of rotatable bonds is 6. The summed E-state index contributed by atoms with van der Waals surface area (Å²) in [5.74, 6) is 0.666. The van der Waals surface area contributed by atoms with E-state index in [9.17, 15) is 4.79 Å². The fourth-order valence-electron chi connectivity index (χ4n) is 2.30. The molecule has 0 radical (unpaired) electrons. The summed E-state index contributed by atoms with van der Waals surface area (Å²) in [4.78, 5) is 18.4. The van der Waals surface area contributed by atoms with E-state index in [1.165, 1.54) is 11.1 Å². The highest BCUT2D eigenvalue weighted by Crippen LogP contribution is 2.07. The van der Waals surface area contributed by atoms with Gasteiger partial charge in [-0.2, -0.15) is 0 Å². The molecule has 0 aliphatic rings. The van der Waals surface area contributed by atoms with Crippen LogP contribution in [0.4, 0.5) is 0 Å². The van der Waals surface area contributed by atoms with E-state index in [-0.39, 0.29) is 42.0 Å². The summed E-state index contributed by atoms with van der Waals surface area (Å²) in [5, 5.41) is 6.16. The Morgan fingerprint density at radius 1 is 1.12 bits per heavy atom. The molecule has 0 aliphatic heterocycles. The second-order valence-corrected chi connectivity index (χ2v) is 6.99. The van der Waals surface area contributed by atoms with E-state index in [1.807, 2.05) is 39.6 Å². The first-order valence-electron chi connectivity index (χ1n) is 8.63. The van der Waals surface area contributed by atoms with Crippen molar-refractivity contribution in [2.75, 3.05) is 20.1 Å². The lowest BCUT2D eigenvalue weighted by Crippen LogP contribution is -2.43.